The van der Waals surface area contributed by atoms with Crippen molar-refractivity contribution >= 4 is 23.1 Å². The first kappa shape index (κ1) is 12.0. The van der Waals surface area contributed by atoms with E-state index >= 15 is 0 Å². The smallest absolute Gasteiger partial charge is 0.337 e. The zero-order chi connectivity index (χ0) is 13.2. The number of piperazine rings is 1. The Morgan fingerprint density at radius 1 is 1.42 bits per heavy atom. The van der Waals surface area contributed by atoms with E-state index in [9.17, 15) is 4.79 Å². The number of benzene rings is 1. The molecule has 1 aliphatic rings. The van der Waals surface area contributed by atoms with E-state index in [2.05, 4.69) is 19.9 Å². The molecule has 1 N–H and O–H groups in total. The molecule has 0 aliphatic carbocycles. The Labute approximate surface area is 110 Å². The van der Waals surface area contributed by atoms with Gasteiger partial charge in [0.1, 0.15) is 5.52 Å². The van der Waals surface area contributed by atoms with E-state index in [1.165, 1.54) is 7.11 Å². The van der Waals surface area contributed by atoms with Gasteiger partial charge in [-0.15, -0.1) is 0 Å². The number of carbonyl (C=O) groups excluding carboxylic acids is 1. The van der Waals surface area contributed by atoms with Crippen LogP contribution >= 0.6 is 0 Å². The number of fused-ring (bicyclic) bond motifs is 1. The van der Waals surface area contributed by atoms with Crippen molar-refractivity contribution in [2.75, 3.05) is 38.2 Å². The maximum Gasteiger partial charge on any atom is 0.337 e. The summed E-state index contributed by atoms with van der Waals surface area (Å²) in [5, 5.41) is 3.28. The average Bonchev–Trinajstić information content (AvgIpc) is 2.90. The Morgan fingerprint density at radius 3 is 2.95 bits per heavy atom. The molecular formula is C13H15N3O3. The summed E-state index contributed by atoms with van der Waals surface area (Å²) in [4.78, 5) is 18.0. The SMILES string of the molecule is COC(=O)c1ccc2nc(N3CCNCC3)oc2c1. The van der Waals surface area contributed by atoms with Gasteiger partial charge in [0.25, 0.3) is 6.01 Å². The van der Waals surface area contributed by atoms with Crippen molar-refractivity contribution in [3.8, 4) is 0 Å². The van der Waals surface area contributed by atoms with Crippen LogP contribution in [0.2, 0.25) is 0 Å². The van der Waals surface area contributed by atoms with E-state index in [1.54, 1.807) is 18.2 Å². The van der Waals surface area contributed by atoms with E-state index in [0.717, 1.165) is 31.7 Å². The van der Waals surface area contributed by atoms with Gasteiger partial charge in [0, 0.05) is 26.2 Å². The molecule has 1 fully saturated rings. The molecule has 0 spiro atoms. The maximum atomic E-state index is 11.5. The third-order valence-corrected chi connectivity index (χ3v) is 3.19. The highest BCUT2D eigenvalue weighted by molar-refractivity contribution is 5.93. The van der Waals surface area contributed by atoms with Crippen LogP contribution in [-0.4, -0.2) is 44.2 Å². The number of hydrogen-bond donors (Lipinski definition) is 1. The summed E-state index contributed by atoms with van der Waals surface area (Å²) in [7, 11) is 1.36. The van der Waals surface area contributed by atoms with Crippen LogP contribution in [0.5, 0.6) is 0 Å². The normalized spacial score (nSPS) is 15.7. The highest BCUT2D eigenvalue weighted by atomic mass is 16.5. The number of nitrogens with one attached hydrogen (secondary N) is 1. The fourth-order valence-corrected chi connectivity index (χ4v) is 2.15. The summed E-state index contributed by atoms with van der Waals surface area (Å²) in [6.45, 7) is 3.59. The molecule has 1 aromatic heterocycles. The first-order chi connectivity index (χ1) is 9.28. The van der Waals surface area contributed by atoms with Crippen LogP contribution in [-0.2, 0) is 4.74 Å². The van der Waals surface area contributed by atoms with Crippen LogP contribution in [0.4, 0.5) is 6.01 Å². The first-order valence-electron chi connectivity index (χ1n) is 6.22. The Kier molecular flexibility index (Phi) is 3.08. The lowest BCUT2D eigenvalue weighted by atomic mass is 10.2. The van der Waals surface area contributed by atoms with Gasteiger partial charge >= 0.3 is 5.97 Å². The highest BCUT2D eigenvalue weighted by Crippen LogP contribution is 2.23. The second kappa shape index (κ2) is 4.89. The Hall–Kier alpha value is -2.08. The summed E-state index contributed by atoms with van der Waals surface area (Å²) in [5.74, 6) is -0.373. The van der Waals surface area contributed by atoms with Crippen LogP contribution in [0.1, 0.15) is 10.4 Å². The standard InChI is InChI=1S/C13H15N3O3/c1-18-12(17)9-2-3-10-11(8-9)19-13(15-10)16-6-4-14-5-7-16/h2-3,8,14H,4-7H2,1H3. The summed E-state index contributed by atoms with van der Waals surface area (Å²) in [6.07, 6.45) is 0. The van der Waals surface area contributed by atoms with Crippen molar-refractivity contribution in [2.24, 2.45) is 0 Å². The Bertz CT molecular complexity index is 602. The largest absolute Gasteiger partial charge is 0.465 e. The molecule has 6 heteroatoms. The lowest BCUT2D eigenvalue weighted by molar-refractivity contribution is 0.0601. The molecule has 6 nitrogen and oxygen atoms in total. The van der Waals surface area contributed by atoms with Crippen LogP contribution in [0.25, 0.3) is 11.1 Å². The number of anilines is 1. The number of hydrogen-bond acceptors (Lipinski definition) is 6. The summed E-state index contributed by atoms with van der Waals surface area (Å²) < 4.78 is 10.4. The minimum Gasteiger partial charge on any atom is -0.465 e. The molecule has 2 heterocycles. The molecule has 1 aliphatic heterocycles. The summed E-state index contributed by atoms with van der Waals surface area (Å²) >= 11 is 0. The van der Waals surface area contributed by atoms with Gasteiger partial charge in [-0.2, -0.15) is 4.98 Å². The van der Waals surface area contributed by atoms with Crippen molar-refractivity contribution in [1.29, 1.82) is 0 Å². The van der Waals surface area contributed by atoms with Crippen molar-refractivity contribution in [2.45, 2.75) is 0 Å². The lowest BCUT2D eigenvalue weighted by Crippen LogP contribution is -2.43. The number of esters is 1. The fourth-order valence-electron chi connectivity index (χ4n) is 2.15. The number of methoxy groups -OCH3 is 1. The van der Waals surface area contributed by atoms with Crippen molar-refractivity contribution in [1.82, 2.24) is 10.3 Å². The molecule has 0 atom stereocenters. The van der Waals surface area contributed by atoms with Gasteiger partial charge in [-0.3, -0.25) is 0 Å². The van der Waals surface area contributed by atoms with Crippen LogP contribution in [0, 0.1) is 0 Å². The molecule has 2 aromatic rings. The fraction of sp³-hybridized carbons (Fsp3) is 0.385. The van der Waals surface area contributed by atoms with E-state index < -0.39 is 0 Å². The van der Waals surface area contributed by atoms with Crippen LogP contribution in [0.3, 0.4) is 0 Å². The van der Waals surface area contributed by atoms with E-state index in [0.29, 0.717) is 17.2 Å². The van der Waals surface area contributed by atoms with Gasteiger partial charge in [-0.05, 0) is 18.2 Å². The zero-order valence-electron chi connectivity index (χ0n) is 10.7. The highest BCUT2D eigenvalue weighted by Gasteiger charge is 2.17. The first-order valence-corrected chi connectivity index (χ1v) is 6.22. The van der Waals surface area contributed by atoms with Gasteiger partial charge in [0.2, 0.25) is 0 Å². The van der Waals surface area contributed by atoms with Crippen molar-refractivity contribution in [3.05, 3.63) is 23.8 Å². The van der Waals surface area contributed by atoms with E-state index in [1.807, 2.05) is 0 Å². The van der Waals surface area contributed by atoms with Crippen LogP contribution in [0.15, 0.2) is 22.6 Å². The second-order valence-corrected chi connectivity index (χ2v) is 4.41. The Balaban J connectivity index is 1.93. The molecule has 1 saturated heterocycles. The van der Waals surface area contributed by atoms with Crippen LogP contribution < -0.4 is 10.2 Å². The van der Waals surface area contributed by atoms with Gasteiger partial charge in [0.15, 0.2) is 5.58 Å². The third kappa shape index (κ3) is 2.26. The molecule has 0 unspecified atom stereocenters. The van der Waals surface area contributed by atoms with Gasteiger partial charge in [-0.25, -0.2) is 4.79 Å². The quantitative estimate of drug-likeness (QED) is 0.814. The number of ether oxygens (including phenoxy) is 1. The summed E-state index contributed by atoms with van der Waals surface area (Å²) in [6, 6.07) is 5.74. The summed E-state index contributed by atoms with van der Waals surface area (Å²) in [5.41, 5.74) is 1.83. The molecule has 19 heavy (non-hydrogen) atoms. The lowest BCUT2D eigenvalue weighted by Gasteiger charge is -2.25. The predicted octanol–water partition coefficient (Wildman–Crippen LogP) is 1.02. The molecular weight excluding hydrogens is 246 g/mol. The molecule has 0 bridgehead atoms. The van der Waals surface area contributed by atoms with Crippen molar-refractivity contribution < 1.29 is 13.9 Å². The van der Waals surface area contributed by atoms with Gasteiger partial charge in [0.05, 0.1) is 12.7 Å². The Morgan fingerprint density at radius 2 is 2.21 bits per heavy atom. The monoisotopic (exact) mass is 261 g/mol. The molecule has 3 rings (SSSR count). The predicted molar refractivity (Wildman–Crippen MR) is 70.4 cm³/mol. The minimum absolute atomic E-state index is 0.373. The van der Waals surface area contributed by atoms with E-state index in [4.69, 9.17) is 4.42 Å². The maximum absolute atomic E-state index is 11.5. The molecule has 1 aromatic carbocycles. The molecule has 100 valence electrons. The van der Waals surface area contributed by atoms with Gasteiger partial charge in [-0.1, -0.05) is 0 Å². The molecule has 0 radical (unpaired) electrons. The van der Waals surface area contributed by atoms with Gasteiger partial charge < -0.3 is 19.4 Å². The third-order valence-electron chi connectivity index (χ3n) is 3.19. The second-order valence-electron chi connectivity index (χ2n) is 4.41. The topological polar surface area (TPSA) is 67.6 Å². The zero-order valence-corrected chi connectivity index (χ0v) is 10.7. The number of nitrogens with zero attached hydrogens (tertiary/aromatic N) is 2. The minimum atomic E-state index is -0.373. The number of carbonyl (C=O) groups is 1. The number of rotatable bonds is 2. The average molecular weight is 261 g/mol. The van der Waals surface area contributed by atoms with Crippen molar-refractivity contribution in [3.63, 3.8) is 0 Å². The number of aromatic nitrogens is 1. The van der Waals surface area contributed by atoms with E-state index in [-0.39, 0.29) is 5.97 Å². The molecule has 0 saturated carbocycles. The molecule has 0 amide bonds. The number of oxazole rings is 1.